The lowest BCUT2D eigenvalue weighted by atomic mass is 9.95. The highest BCUT2D eigenvalue weighted by Gasteiger charge is 2.28. The Balaban J connectivity index is 1.36. The van der Waals surface area contributed by atoms with Crippen molar-refractivity contribution in [1.29, 1.82) is 0 Å². The van der Waals surface area contributed by atoms with Crippen molar-refractivity contribution in [3.8, 4) is 0 Å². The van der Waals surface area contributed by atoms with Crippen molar-refractivity contribution in [2.75, 3.05) is 11.9 Å². The molecule has 1 aliphatic rings. The summed E-state index contributed by atoms with van der Waals surface area (Å²) in [4.78, 5) is 22.6. The second-order valence-corrected chi connectivity index (χ2v) is 9.05. The summed E-state index contributed by atoms with van der Waals surface area (Å²) in [6, 6.07) is 14.2. The first kappa shape index (κ1) is 22.1. The summed E-state index contributed by atoms with van der Waals surface area (Å²) >= 11 is 0. The van der Waals surface area contributed by atoms with Gasteiger partial charge in [0.05, 0.1) is 23.4 Å². The topological polar surface area (TPSA) is 105 Å². The van der Waals surface area contributed by atoms with Gasteiger partial charge >= 0.3 is 0 Å². The normalized spacial score (nSPS) is 15.2. The summed E-state index contributed by atoms with van der Waals surface area (Å²) < 4.78 is 1.65. The fourth-order valence-corrected chi connectivity index (χ4v) is 4.77. The van der Waals surface area contributed by atoms with Gasteiger partial charge in [-0.2, -0.15) is 0 Å². The molecule has 0 radical (unpaired) electrons. The largest absolute Gasteiger partial charge is 0.375 e. The molecule has 0 aliphatic carbocycles. The maximum Gasteiger partial charge on any atom is 0.244 e. The number of rotatable bonds is 8. The first-order valence-electron chi connectivity index (χ1n) is 11.9. The number of aromatic amines is 1. The molecule has 2 N–H and O–H groups in total. The van der Waals surface area contributed by atoms with E-state index in [0.717, 1.165) is 36.0 Å². The molecule has 3 heterocycles. The maximum atomic E-state index is 13.2. The number of carbonyl (C=O) groups excluding carboxylic acids is 1. The van der Waals surface area contributed by atoms with Crippen molar-refractivity contribution in [3.63, 3.8) is 0 Å². The Bertz CT molecular complexity index is 1280. The predicted molar refractivity (Wildman–Crippen MR) is 130 cm³/mol. The molecule has 2 atom stereocenters. The fourth-order valence-electron chi connectivity index (χ4n) is 4.77. The van der Waals surface area contributed by atoms with E-state index < -0.39 is 0 Å². The Morgan fingerprint density at radius 1 is 1.21 bits per heavy atom. The van der Waals surface area contributed by atoms with Crippen LogP contribution < -0.4 is 5.32 Å². The minimum absolute atomic E-state index is 0.0313. The molecule has 2 aromatic heterocycles. The third-order valence-electron chi connectivity index (χ3n) is 6.66. The number of nitrogens with one attached hydrogen (secondary N) is 2. The van der Waals surface area contributed by atoms with Gasteiger partial charge in [0, 0.05) is 18.8 Å². The zero-order valence-corrected chi connectivity index (χ0v) is 19.6. The van der Waals surface area contributed by atoms with Gasteiger partial charge in [-0.1, -0.05) is 44.5 Å². The third-order valence-corrected chi connectivity index (χ3v) is 6.66. The molecule has 9 nitrogen and oxygen atoms in total. The molecule has 34 heavy (non-hydrogen) atoms. The van der Waals surface area contributed by atoms with Gasteiger partial charge in [0.15, 0.2) is 5.82 Å². The molecule has 1 aliphatic heterocycles. The molecular formula is C25H30N8O. The summed E-state index contributed by atoms with van der Waals surface area (Å²) in [6.07, 6.45) is 4.62. The minimum atomic E-state index is -0.134. The summed E-state index contributed by atoms with van der Waals surface area (Å²) in [6.45, 7) is 5.83. The zero-order chi connectivity index (χ0) is 23.5. The van der Waals surface area contributed by atoms with E-state index in [-0.39, 0.29) is 24.4 Å². The van der Waals surface area contributed by atoms with Crippen molar-refractivity contribution in [2.45, 2.75) is 52.2 Å². The van der Waals surface area contributed by atoms with Crippen LogP contribution in [-0.2, 0) is 24.3 Å². The monoisotopic (exact) mass is 458 g/mol. The molecule has 2 unspecified atom stereocenters. The number of hydrogen-bond acceptors (Lipinski definition) is 6. The number of benzene rings is 2. The highest BCUT2D eigenvalue weighted by molar-refractivity contribution is 5.79. The molecule has 2 aromatic carbocycles. The number of anilines is 1. The fraction of sp³-hybridized carbons (Fsp3) is 0.400. The van der Waals surface area contributed by atoms with Crippen LogP contribution in [0.5, 0.6) is 0 Å². The van der Waals surface area contributed by atoms with Crippen LogP contribution in [0.15, 0.2) is 48.8 Å². The van der Waals surface area contributed by atoms with E-state index in [1.807, 2.05) is 29.2 Å². The number of carbonyl (C=O) groups is 1. The van der Waals surface area contributed by atoms with Crippen molar-refractivity contribution in [2.24, 2.45) is 5.92 Å². The molecule has 0 spiro atoms. The third kappa shape index (κ3) is 4.50. The van der Waals surface area contributed by atoms with Crippen LogP contribution >= 0.6 is 0 Å². The average Bonchev–Trinajstić information content (AvgIpc) is 3.51. The molecule has 0 saturated carbocycles. The van der Waals surface area contributed by atoms with E-state index in [0.29, 0.717) is 18.9 Å². The average molecular weight is 459 g/mol. The van der Waals surface area contributed by atoms with Crippen LogP contribution in [0.3, 0.4) is 0 Å². The van der Waals surface area contributed by atoms with E-state index in [2.05, 4.69) is 62.9 Å². The van der Waals surface area contributed by atoms with Gasteiger partial charge in [0.1, 0.15) is 6.54 Å². The van der Waals surface area contributed by atoms with E-state index in [9.17, 15) is 4.79 Å². The second-order valence-electron chi connectivity index (χ2n) is 9.05. The second kappa shape index (κ2) is 9.62. The number of H-pyrrole nitrogens is 1. The lowest BCUT2D eigenvalue weighted by Crippen LogP contribution is -2.38. The Morgan fingerprint density at radius 2 is 2.06 bits per heavy atom. The van der Waals surface area contributed by atoms with Crippen LogP contribution in [0.25, 0.3) is 11.0 Å². The first-order valence-corrected chi connectivity index (χ1v) is 11.9. The smallest absolute Gasteiger partial charge is 0.244 e. The van der Waals surface area contributed by atoms with Crippen LogP contribution in [0.2, 0.25) is 0 Å². The highest BCUT2D eigenvalue weighted by Crippen LogP contribution is 2.29. The van der Waals surface area contributed by atoms with Gasteiger partial charge in [-0.25, -0.2) is 9.67 Å². The van der Waals surface area contributed by atoms with E-state index in [4.69, 9.17) is 0 Å². The quantitative estimate of drug-likeness (QED) is 0.417. The van der Waals surface area contributed by atoms with Crippen LogP contribution in [0.4, 0.5) is 5.69 Å². The summed E-state index contributed by atoms with van der Waals surface area (Å²) in [5, 5.41) is 16.1. The van der Waals surface area contributed by atoms with E-state index >= 15 is 0 Å². The lowest BCUT2D eigenvalue weighted by Gasteiger charge is -2.29. The highest BCUT2D eigenvalue weighted by atomic mass is 16.2. The number of imidazole rings is 1. The van der Waals surface area contributed by atoms with Crippen molar-refractivity contribution < 1.29 is 4.79 Å². The van der Waals surface area contributed by atoms with Crippen molar-refractivity contribution >= 4 is 22.6 Å². The van der Waals surface area contributed by atoms with Crippen LogP contribution in [-0.4, -0.2) is 47.5 Å². The Labute approximate surface area is 198 Å². The van der Waals surface area contributed by atoms with Gasteiger partial charge in [-0.3, -0.25) is 4.79 Å². The number of tetrazole rings is 1. The van der Waals surface area contributed by atoms with E-state index in [1.165, 1.54) is 11.1 Å². The molecule has 0 bridgehead atoms. The number of fused-ring (bicyclic) bond motifs is 2. The summed E-state index contributed by atoms with van der Waals surface area (Å²) in [5.41, 5.74) is 5.37. The zero-order valence-electron chi connectivity index (χ0n) is 19.6. The molecule has 1 amide bonds. The maximum absolute atomic E-state index is 13.2. The van der Waals surface area contributed by atoms with Crippen molar-refractivity contribution in [3.05, 3.63) is 65.7 Å². The molecule has 5 rings (SSSR count). The SMILES string of the molecule is CCCC(C)C(Nc1ccc2nc[nH]c2c1)c1nnnn1CC(=O)N1CCc2ccccc2C1. The van der Waals surface area contributed by atoms with Gasteiger partial charge in [0.25, 0.3) is 0 Å². The van der Waals surface area contributed by atoms with Gasteiger partial charge < -0.3 is 15.2 Å². The summed E-state index contributed by atoms with van der Waals surface area (Å²) in [5.74, 6) is 0.976. The molecule has 176 valence electrons. The van der Waals surface area contributed by atoms with Gasteiger partial charge in [-0.15, -0.1) is 5.10 Å². The first-order chi connectivity index (χ1) is 16.6. The molecular weight excluding hydrogens is 428 g/mol. The Morgan fingerprint density at radius 3 is 2.91 bits per heavy atom. The molecule has 9 heteroatoms. The number of aromatic nitrogens is 6. The number of amides is 1. The van der Waals surface area contributed by atoms with Gasteiger partial charge in [0.2, 0.25) is 5.91 Å². The molecule has 0 saturated heterocycles. The Hall–Kier alpha value is -3.75. The minimum Gasteiger partial charge on any atom is -0.375 e. The number of hydrogen-bond donors (Lipinski definition) is 2. The standard InChI is InChI=1S/C25H30N8O/c1-3-6-17(2)24(28-20-9-10-21-22(13-20)27-16-26-21)25-29-30-31-33(25)15-23(34)32-12-11-18-7-4-5-8-19(18)14-32/h4-5,7-10,13,16-17,24,28H,3,6,11-12,14-15H2,1-2H3,(H,26,27). The Kier molecular flexibility index (Phi) is 6.24. The van der Waals surface area contributed by atoms with Crippen molar-refractivity contribution in [1.82, 2.24) is 35.1 Å². The van der Waals surface area contributed by atoms with E-state index in [1.54, 1.807) is 11.0 Å². The number of nitrogens with zero attached hydrogens (tertiary/aromatic N) is 6. The molecule has 4 aromatic rings. The van der Waals surface area contributed by atoms with Crippen LogP contribution in [0, 0.1) is 5.92 Å². The predicted octanol–water partition coefficient (Wildman–Crippen LogP) is 3.72. The molecule has 0 fully saturated rings. The van der Waals surface area contributed by atoms with Crippen LogP contribution in [0.1, 0.15) is 49.7 Å². The lowest BCUT2D eigenvalue weighted by molar-refractivity contribution is -0.133. The summed E-state index contributed by atoms with van der Waals surface area (Å²) in [7, 11) is 0. The van der Waals surface area contributed by atoms with Gasteiger partial charge in [-0.05, 0) is 58.5 Å².